The second kappa shape index (κ2) is 6.68. The number of fused-ring (bicyclic) bond motifs is 1. The number of carbonyl (C=O) groups excluding carboxylic acids is 1. The molecule has 26 heavy (non-hydrogen) atoms. The lowest BCUT2D eigenvalue weighted by Gasteiger charge is -2.24. The Hall–Kier alpha value is -3.07. The Morgan fingerprint density at radius 3 is 2.62 bits per heavy atom. The zero-order chi connectivity index (χ0) is 18.1. The molecule has 6 heteroatoms. The summed E-state index contributed by atoms with van der Waals surface area (Å²) in [7, 11) is 1.49. The van der Waals surface area contributed by atoms with Gasteiger partial charge in [-0.05, 0) is 30.0 Å². The Morgan fingerprint density at radius 2 is 1.96 bits per heavy atom. The fraction of sp³-hybridized carbons (Fsp3) is 0.350. The molecule has 4 rings (SSSR count). The van der Waals surface area contributed by atoms with Crippen molar-refractivity contribution in [1.82, 2.24) is 9.88 Å². The van der Waals surface area contributed by atoms with E-state index in [-0.39, 0.29) is 18.0 Å². The van der Waals surface area contributed by atoms with Gasteiger partial charge in [0.2, 0.25) is 11.8 Å². The summed E-state index contributed by atoms with van der Waals surface area (Å²) in [5, 5.41) is 12.7. The van der Waals surface area contributed by atoms with Crippen LogP contribution in [-0.4, -0.2) is 41.5 Å². The molecule has 1 aromatic carbocycles. The molecular formula is C20H20N4O2. The summed E-state index contributed by atoms with van der Waals surface area (Å²) in [5.41, 5.74) is 3.71. The van der Waals surface area contributed by atoms with Gasteiger partial charge in [0.1, 0.15) is 11.6 Å². The summed E-state index contributed by atoms with van der Waals surface area (Å²) < 4.78 is 5.15. The van der Waals surface area contributed by atoms with Gasteiger partial charge in [0.25, 0.3) is 0 Å². The van der Waals surface area contributed by atoms with Crippen molar-refractivity contribution in [3.8, 4) is 11.9 Å². The van der Waals surface area contributed by atoms with Gasteiger partial charge in [-0.25, -0.2) is 4.98 Å². The van der Waals surface area contributed by atoms with E-state index in [0.717, 1.165) is 12.8 Å². The number of amides is 1. The van der Waals surface area contributed by atoms with Crippen LogP contribution in [0.4, 0.5) is 5.69 Å². The normalized spacial score (nSPS) is 19.3. The molecule has 1 fully saturated rings. The van der Waals surface area contributed by atoms with Crippen molar-refractivity contribution in [3.63, 3.8) is 0 Å². The van der Waals surface area contributed by atoms with Crippen molar-refractivity contribution in [3.05, 3.63) is 53.2 Å². The number of hydrogen-bond donors (Lipinski definition) is 1. The van der Waals surface area contributed by atoms with Crippen molar-refractivity contribution in [2.45, 2.75) is 31.3 Å². The lowest BCUT2D eigenvalue weighted by Crippen LogP contribution is -2.38. The maximum Gasteiger partial charge on any atom is 0.233 e. The van der Waals surface area contributed by atoms with Crippen LogP contribution in [0.3, 0.4) is 0 Å². The highest BCUT2D eigenvalue weighted by Crippen LogP contribution is 2.30. The fourth-order valence-electron chi connectivity index (χ4n) is 3.98. The van der Waals surface area contributed by atoms with E-state index in [9.17, 15) is 10.1 Å². The number of aromatic nitrogens is 1. The van der Waals surface area contributed by atoms with Crippen molar-refractivity contribution in [2.75, 3.05) is 19.0 Å². The number of hydrogen-bond acceptors (Lipinski definition) is 5. The third kappa shape index (κ3) is 2.86. The molecule has 2 aromatic rings. The fourth-order valence-corrected chi connectivity index (χ4v) is 3.98. The maximum atomic E-state index is 12.6. The highest BCUT2D eigenvalue weighted by molar-refractivity contribution is 5.81. The third-order valence-corrected chi connectivity index (χ3v) is 5.21. The number of nitriles is 1. The Bertz CT molecular complexity index is 865. The number of nitrogens with one attached hydrogen (secondary N) is 1. The smallest absolute Gasteiger partial charge is 0.233 e. The topological polar surface area (TPSA) is 78.2 Å². The first-order valence-electron chi connectivity index (χ1n) is 8.75. The molecule has 1 aliphatic carbocycles. The van der Waals surface area contributed by atoms with Gasteiger partial charge in [0.15, 0.2) is 0 Å². The predicted molar refractivity (Wildman–Crippen MR) is 96.9 cm³/mol. The molecule has 1 saturated heterocycles. The number of ether oxygens (including phenoxy) is 1. The Kier molecular flexibility index (Phi) is 4.21. The minimum absolute atomic E-state index is 0.0228. The average Bonchev–Trinajstić information content (AvgIpc) is 3.24. The van der Waals surface area contributed by atoms with Crippen LogP contribution in [0.5, 0.6) is 5.88 Å². The van der Waals surface area contributed by atoms with Gasteiger partial charge in [-0.2, -0.15) is 5.26 Å². The van der Waals surface area contributed by atoms with E-state index >= 15 is 0 Å². The molecule has 1 N–H and O–H groups in total. The van der Waals surface area contributed by atoms with Crippen molar-refractivity contribution >= 4 is 11.6 Å². The molecule has 0 unspecified atom stereocenters. The van der Waals surface area contributed by atoms with Gasteiger partial charge < -0.3 is 15.0 Å². The first-order chi connectivity index (χ1) is 12.7. The number of rotatable bonds is 4. The quantitative estimate of drug-likeness (QED) is 0.916. The van der Waals surface area contributed by atoms with Crippen molar-refractivity contribution in [1.29, 1.82) is 5.26 Å². The zero-order valence-electron chi connectivity index (χ0n) is 14.6. The molecule has 0 radical (unpaired) electrons. The molecule has 6 nitrogen and oxygen atoms in total. The van der Waals surface area contributed by atoms with Crippen LogP contribution in [0.25, 0.3) is 0 Å². The summed E-state index contributed by atoms with van der Waals surface area (Å²) in [6.07, 6.45) is 3.87. The van der Waals surface area contributed by atoms with Gasteiger partial charge in [-0.1, -0.05) is 24.3 Å². The molecule has 0 saturated carbocycles. The van der Waals surface area contributed by atoms with Gasteiger partial charge in [-0.3, -0.25) is 4.79 Å². The molecule has 1 amide bonds. The number of methoxy groups -OCH3 is 1. The largest absolute Gasteiger partial charge is 0.480 e. The van der Waals surface area contributed by atoms with Crippen LogP contribution in [0, 0.1) is 11.3 Å². The lowest BCUT2D eigenvalue weighted by molar-refractivity contribution is -0.129. The Balaban J connectivity index is 1.47. The molecule has 0 bridgehead atoms. The van der Waals surface area contributed by atoms with Gasteiger partial charge in [0, 0.05) is 25.2 Å². The number of anilines is 1. The van der Waals surface area contributed by atoms with Crippen molar-refractivity contribution in [2.24, 2.45) is 0 Å². The average molecular weight is 348 g/mol. The maximum absolute atomic E-state index is 12.6. The minimum Gasteiger partial charge on any atom is -0.480 e. The van der Waals surface area contributed by atoms with E-state index in [0.29, 0.717) is 30.1 Å². The van der Waals surface area contributed by atoms with Gasteiger partial charge >= 0.3 is 0 Å². The summed E-state index contributed by atoms with van der Waals surface area (Å²) in [6, 6.07) is 12.5. The van der Waals surface area contributed by atoms with E-state index in [1.807, 2.05) is 4.90 Å². The highest BCUT2D eigenvalue weighted by Gasteiger charge is 2.37. The summed E-state index contributed by atoms with van der Waals surface area (Å²) in [5.74, 6) is 0.463. The molecule has 2 aliphatic rings. The van der Waals surface area contributed by atoms with Crippen LogP contribution < -0.4 is 10.1 Å². The van der Waals surface area contributed by atoms with Crippen molar-refractivity contribution < 1.29 is 9.53 Å². The van der Waals surface area contributed by atoms with E-state index in [1.165, 1.54) is 18.2 Å². The SMILES string of the molecule is COc1nccc(N[C@@H]2CC(=O)N(C3Cc4ccccc4C3)C2)c1C#N. The Labute approximate surface area is 152 Å². The minimum atomic E-state index is -0.0228. The molecule has 0 spiro atoms. The van der Waals surface area contributed by atoms with E-state index in [4.69, 9.17) is 4.74 Å². The molecule has 1 atom stereocenters. The van der Waals surface area contributed by atoms with E-state index in [2.05, 4.69) is 40.6 Å². The van der Waals surface area contributed by atoms with Crippen LogP contribution in [0.1, 0.15) is 23.1 Å². The number of pyridine rings is 1. The number of likely N-dealkylation sites (tertiary alicyclic amines) is 1. The molecular weight excluding hydrogens is 328 g/mol. The van der Waals surface area contributed by atoms with E-state index < -0.39 is 0 Å². The zero-order valence-corrected chi connectivity index (χ0v) is 14.6. The molecule has 2 heterocycles. The van der Waals surface area contributed by atoms with Crippen LogP contribution >= 0.6 is 0 Å². The van der Waals surface area contributed by atoms with Gasteiger partial charge in [-0.15, -0.1) is 0 Å². The molecule has 1 aliphatic heterocycles. The van der Waals surface area contributed by atoms with E-state index in [1.54, 1.807) is 12.3 Å². The highest BCUT2D eigenvalue weighted by atomic mass is 16.5. The number of nitrogens with zero attached hydrogens (tertiary/aromatic N) is 3. The second-order valence-electron chi connectivity index (χ2n) is 6.78. The summed E-state index contributed by atoms with van der Waals surface area (Å²) in [6.45, 7) is 0.646. The first kappa shape index (κ1) is 16.4. The predicted octanol–water partition coefficient (Wildman–Crippen LogP) is 2.14. The molecule has 1 aromatic heterocycles. The standard InChI is InChI=1S/C20H20N4O2/c1-26-20-17(11-21)18(6-7-22-20)23-15-10-19(25)24(12-15)16-8-13-4-2-3-5-14(13)9-16/h2-7,15-16H,8-10,12H2,1H3,(H,22,23)/t15-/m1/s1. The monoisotopic (exact) mass is 348 g/mol. The van der Waals surface area contributed by atoms with Crippen LogP contribution in [0.15, 0.2) is 36.5 Å². The van der Waals surface area contributed by atoms with Gasteiger partial charge in [0.05, 0.1) is 18.8 Å². The Morgan fingerprint density at radius 1 is 1.23 bits per heavy atom. The van der Waals surface area contributed by atoms with Crippen LogP contribution in [0.2, 0.25) is 0 Å². The third-order valence-electron chi connectivity index (χ3n) is 5.21. The summed E-state index contributed by atoms with van der Waals surface area (Å²) >= 11 is 0. The lowest BCUT2D eigenvalue weighted by atomic mass is 10.1. The summed E-state index contributed by atoms with van der Waals surface area (Å²) in [4.78, 5) is 18.6. The van der Waals surface area contributed by atoms with Crippen LogP contribution in [-0.2, 0) is 17.6 Å². The first-order valence-corrected chi connectivity index (χ1v) is 8.75. The number of carbonyl (C=O) groups is 1. The second-order valence-corrected chi connectivity index (χ2v) is 6.78. The number of benzene rings is 1. The molecule has 132 valence electrons.